The first-order valence-corrected chi connectivity index (χ1v) is 5.87. The van der Waals surface area contributed by atoms with Crippen LogP contribution in [0.25, 0.3) is 0 Å². The number of allylic oxidation sites excluding steroid dienone is 2. The summed E-state index contributed by atoms with van der Waals surface area (Å²) in [5, 5.41) is 9.32. The van der Waals surface area contributed by atoms with Crippen LogP contribution in [0.3, 0.4) is 0 Å². The number of aryl methyl sites for hydroxylation is 1. The van der Waals surface area contributed by atoms with Gasteiger partial charge in [0.1, 0.15) is 5.69 Å². The average molecular weight is 217 g/mol. The van der Waals surface area contributed by atoms with E-state index < -0.39 is 5.97 Å². The van der Waals surface area contributed by atoms with Gasteiger partial charge in [0.15, 0.2) is 0 Å². The highest BCUT2D eigenvalue weighted by atomic mass is 16.4. The van der Waals surface area contributed by atoms with E-state index in [4.69, 9.17) is 0 Å². The van der Waals surface area contributed by atoms with Crippen molar-refractivity contribution in [3.63, 3.8) is 0 Å². The molecule has 2 unspecified atom stereocenters. The molecule has 0 saturated carbocycles. The number of hydrogen-bond acceptors (Lipinski definition) is 1. The first kappa shape index (κ1) is 9.70. The lowest BCUT2D eigenvalue weighted by atomic mass is 9.72. The molecular formula is C13H15NO2. The van der Waals surface area contributed by atoms with Crippen LogP contribution >= 0.6 is 0 Å². The Morgan fingerprint density at radius 1 is 1.44 bits per heavy atom. The molecule has 2 atom stereocenters. The summed E-state index contributed by atoms with van der Waals surface area (Å²) in [5.74, 6) is -0.00569. The van der Waals surface area contributed by atoms with E-state index in [1.807, 2.05) is 17.7 Å². The number of carboxylic acids is 1. The van der Waals surface area contributed by atoms with Crippen LogP contribution in [0, 0.1) is 0 Å². The van der Waals surface area contributed by atoms with Gasteiger partial charge in [-0.15, -0.1) is 0 Å². The molecule has 3 nitrogen and oxygen atoms in total. The minimum atomic E-state index is -0.788. The van der Waals surface area contributed by atoms with E-state index in [0.29, 0.717) is 17.5 Å². The van der Waals surface area contributed by atoms with E-state index in [1.165, 1.54) is 12.0 Å². The number of hydrogen-bond donors (Lipinski definition) is 1. The van der Waals surface area contributed by atoms with Gasteiger partial charge >= 0.3 is 5.97 Å². The van der Waals surface area contributed by atoms with Crippen molar-refractivity contribution < 1.29 is 9.90 Å². The van der Waals surface area contributed by atoms with E-state index in [1.54, 1.807) is 0 Å². The summed E-state index contributed by atoms with van der Waals surface area (Å²) in [5.41, 5.74) is 2.84. The Balaban J connectivity index is 2.24. The van der Waals surface area contributed by atoms with Crippen LogP contribution in [0.2, 0.25) is 0 Å². The predicted octanol–water partition coefficient (Wildman–Crippen LogP) is 2.74. The molecule has 16 heavy (non-hydrogen) atoms. The van der Waals surface area contributed by atoms with Gasteiger partial charge in [-0.2, -0.15) is 0 Å². The van der Waals surface area contributed by atoms with Crippen molar-refractivity contribution in [1.29, 1.82) is 0 Å². The van der Waals surface area contributed by atoms with Crippen LogP contribution in [-0.2, 0) is 6.54 Å². The van der Waals surface area contributed by atoms with E-state index in [2.05, 4.69) is 12.2 Å². The molecule has 2 bridgehead atoms. The topological polar surface area (TPSA) is 42.2 Å². The second-order valence-electron chi connectivity index (χ2n) is 4.61. The summed E-state index contributed by atoms with van der Waals surface area (Å²) in [6.07, 6.45) is 8.73. The Morgan fingerprint density at radius 2 is 2.12 bits per heavy atom. The highest BCUT2D eigenvalue weighted by Gasteiger charge is 2.35. The maximum Gasteiger partial charge on any atom is 0.352 e. The molecule has 3 aliphatic rings. The van der Waals surface area contributed by atoms with Crippen LogP contribution in [0.15, 0.2) is 18.3 Å². The maximum absolute atomic E-state index is 11.3. The fourth-order valence-corrected chi connectivity index (χ4v) is 3.09. The summed E-state index contributed by atoms with van der Waals surface area (Å²) in [6.45, 7) is 2.72. The SMILES string of the molecule is CCn1cc2c(c1C(=O)O)C1C=CC2CC1. The molecule has 3 heteroatoms. The predicted molar refractivity (Wildman–Crippen MR) is 60.9 cm³/mol. The van der Waals surface area contributed by atoms with Crippen molar-refractivity contribution in [2.24, 2.45) is 0 Å². The molecule has 84 valence electrons. The number of aromatic nitrogens is 1. The monoisotopic (exact) mass is 217 g/mol. The van der Waals surface area contributed by atoms with Crippen molar-refractivity contribution in [3.05, 3.63) is 35.2 Å². The summed E-state index contributed by atoms with van der Waals surface area (Å²) in [7, 11) is 0. The Morgan fingerprint density at radius 3 is 2.69 bits per heavy atom. The molecule has 1 N–H and O–H groups in total. The lowest BCUT2D eigenvalue weighted by molar-refractivity contribution is 0.0683. The standard InChI is InChI=1S/C13H15NO2/c1-2-14-7-10-8-3-5-9(6-4-8)11(10)12(14)13(15)16/h3,5,7-9H,2,4,6H2,1H3,(H,15,16). The molecule has 0 saturated heterocycles. The number of aromatic carboxylic acids is 1. The Bertz CT molecular complexity index is 484. The molecule has 0 aliphatic heterocycles. The number of nitrogens with zero attached hydrogens (tertiary/aromatic N) is 1. The second-order valence-corrected chi connectivity index (χ2v) is 4.61. The van der Waals surface area contributed by atoms with E-state index in [9.17, 15) is 9.90 Å². The molecule has 1 aromatic rings. The molecule has 0 fully saturated rings. The molecule has 3 aliphatic carbocycles. The molecule has 0 aromatic carbocycles. The first-order chi connectivity index (χ1) is 7.72. The van der Waals surface area contributed by atoms with E-state index >= 15 is 0 Å². The lowest BCUT2D eigenvalue weighted by Crippen LogP contribution is -2.18. The van der Waals surface area contributed by atoms with Gasteiger partial charge < -0.3 is 9.67 Å². The second kappa shape index (κ2) is 3.24. The summed E-state index contributed by atoms with van der Waals surface area (Å²) in [4.78, 5) is 11.3. The third-order valence-corrected chi connectivity index (χ3v) is 3.83. The van der Waals surface area contributed by atoms with E-state index in [-0.39, 0.29) is 0 Å². The highest BCUT2D eigenvalue weighted by Crippen LogP contribution is 2.47. The van der Waals surface area contributed by atoms with Gasteiger partial charge in [0.05, 0.1) is 0 Å². The van der Waals surface area contributed by atoms with Crippen LogP contribution in [0.1, 0.15) is 53.2 Å². The van der Waals surface area contributed by atoms with Gasteiger partial charge in [-0.25, -0.2) is 4.79 Å². The van der Waals surface area contributed by atoms with Crippen molar-refractivity contribution in [1.82, 2.24) is 4.57 Å². The van der Waals surface area contributed by atoms with Crippen molar-refractivity contribution in [2.75, 3.05) is 0 Å². The molecule has 1 aromatic heterocycles. The zero-order valence-corrected chi connectivity index (χ0v) is 9.31. The van der Waals surface area contributed by atoms with Crippen LogP contribution < -0.4 is 0 Å². The van der Waals surface area contributed by atoms with Gasteiger partial charge in [-0.05, 0) is 30.9 Å². The van der Waals surface area contributed by atoms with E-state index in [0.717, 1.165) is 18.5 Å². The van der Waals surface area contributed by atoms with Gasteiger partial charge in [0.2, 0.25) is 0 Å². The molecule has 4 rings (SSSR count). The summed E-state index contributed by atoms with van der Waals surface area (Å²) in [6, 6.07) is 0. The van der Waals surface area contributed by atoms with Crippen molar-refractivity contribution >= 4 is 5.97 Å². The number of rotatable bonds is 2. The Kier molecular flexibility index (Phi) is 1.96. The van der Waals surface area contributed by atoms with Crippen LogP contribution in [0.4, 0.5) is 0 Å². The third-order valence-electron chi connectivity index (χ3n) is 3.83. The number of carbonyl (C=O) groups is 1. The number of carboxylic acid groups (broad SMARTS) is 1. The fourth-order valence-electron chi connectivity index (χ4n) is 3.09. The zero-order chi connectivity index (χ0) is 11.3. The Labute approximate surface area is 94.4 Å². The zero-order valence-electron chi connectivity index (χ0n) is 9.31. The van der Waals surface area contributed by atoms with Crippen molar-refractivity contribution in [2.45, 2.75) is 38.1 Å². The lowest BCUT2D eigenvalue weighted by Gasteiger charge is -2.31. The molecular weight excluding hydrogens is 202 g/mol. The smallest absolute Gasteiger partial charge is 0.352 e. The quantitative estimate of drug-likeness (QED) is 0.774. The van der Waals surface area contributed by atoms with Crippen LogP contribution in [0.5, 0.6) is 0 Å². The molecule has 1 heterocycles. The van der Waals surface area contributed by atoms with Gasteiger partial charge in [-0.3, -0.25) is 0 Å². The molecule has 0 spiro atoms. The highest BCUT2D eigenvalue weighted by molar-refractivity contribution is 5.89. The van der Waals surface area contributed by atoms with Gasteiger partial charge in [0, 0.05) is 24.6 Å². The fraction of sp³-hybridized carbons (Fsp3) is 0.462. The van der Waals surface area contributed by atoms with Crippen molar-refractivity contribution in [3.8, 4) is 0 Å². The molecule has 0 amide bonds. The number of fused-ring (bicyclic) bond motifs is 1. The van der Waals surface area contributed by atoms with Crippen LogP contribution in [-0.4, -0.2) is 15.6 Å². The summed E-state index contributed by atoms with van der Waals surface area (Å²) >= 11 is 0. The first-order valence-electron chi connectivity index (χ1n) is 5.87. The maximum atomic E-state index is 11.3. The third kappa shape index (κ3) is 1.11. The normalized spacial score (nSPS) is 25.8. The van der Waals surface area contributed by atoms with Gasteiger partial charge in [-0.1, -0.05) is 12.2 Å². The minimum absolute atomic E-state index is 0.332. The summed E-state index contributed by atoms with van der Waals surface area (Å²) < 4.78 is 1.88. The van der Waals surface area contributed by atoms with Gasteiger partial charge in [0.25, 0.3) is 0 Å². The Hall–Kier alpha value is -1.51. The molecule has 0 radical (unpaired) electrons. The largest absolute Gasteiger partial charge is 0.477 e. The minimum Gasteiger partial charge on any atom is -0.477 e. The average Bonchev–Trinajstić information content (AvgIpc) is 2.71.